The van der Waals surface area contributed by atoms with Crippen LogP contribution < -0.4 is 20.1 Å². The van der Waals surface area contributed by atoms with Gasteiger partial charge < -0.3 is 20.5 Å². The summed E-state index contributed by atoms with van der Waals surface area (Å²) in [6.07, 6.45) is 2.84. The summed E-state index contributed by atoms with van der Waals surface area (Å²) in [6.45, 7) is 2.23. The molecule has 4 rings (SSSR count). The standard InChI is InChI=1S/C19H21N5O3S.CH4O/c20-19-18-15(22-28(26)23-19)6-2-7-16(18)27-12-13-4-3-9-24(10-13)17-8-1-5-14(11-25)21-17;1-2/h1-2,5-8,11,13,22H,3-4,9-10,12H2,(H2,20,23);2H,1H3. The van der Waals surface area contributed by atoms with E-state index in [0.717, 1.165) is 45.1 Å². The van der Waals surface area contributed by atoms with Crippen molar-refractivity contribution in [2.75, 3.05) is 36.4 Å². The summed E-state index contributed by atoms with van der Waals surface area (Å²) in [5.41, 5.74) is 7.70. The van der Waals surface area contributed by atoms with Crippen LogP contribution in [0.4, 0.5) is 11.5 Å². The highest BCUT2D eigenvalue weighted by Crippen LogP contribution is 2.30. The molecule has 4 N–H and O–H groups in total. The molecule has 10 heteroatoms. The van der Waals surface area contributed by atoms with E-state index < -0.39 is 11.2 Å². The SMILES string of the molecule is CO.NC1=NS(=O)Nc2cccc(OCC3CCCN(c4cccc(C=O)n4)C3)c21. The maximum atomic E-state index is 11.6. The van der Waals surface area contributed by atoms with Gasteiger partial charge in [-0.1, -0.05) is 12.1 Å². The van der Waals surface area contributed by atoms with E-state index in [1.165, 1.54) is 0 Å². The van der Waals surface area contributed by atoms with E-state index in [2.05, 4.69) is 19.0 Å². The van der Waals surface area contributed by atoms with Crippen molar-refractivity contribution in [1.82, 2.24) is 4.98 Å². The van der Waals surface area contributed by atoms with Gasteiger partial charge in [0.15, 0.2) is 6.29 Å². The average molecular weight is 432 g/mol. The number of aldehydes is 1. The van der Waals surface area contributed by atoms with E-state index in [-0.39, 0.29) is 5.84 Å². The number of pyridine rings is 1. The molecule has 0 amide bonds. The Labute approximate surface area is 177 Å². The number of aliphatic hydroxyl groups is 1. The number of aromatic nitrogens is 1. The minimum absolute atomic E-state index is 0.211. The molecule has 2 aliphatic heterocycles. The molecule has 0 bridgehead atoms. The molecule has 2 aliphatic rings. The zero-order valence-electron chi connectivity index (χ0n) is 16.7. The van der Waals surface area contributed by atoms with Gasteiger partial charge in [-0.15, -0.1) is 0 Å². The quantitative estimate of drug-likeness (QED) is 0.612. The Kier molecular flexibility index (Phi) is 7.36. The number of fused-ring (bicyclic) bond motifs is 1. The fourth-order valence-electron chi connectivity index (χ4n) is 3.55. The highest BCUT2D eigenvalue weighted by atomic mass is 32.2. The first-order valence-corrected chi connectivity index (χ1v) is 10.7. The molecule has 1 aromatic heterocycles. The van der Waals surface area contributed by atoms with Crippen LogP contribution in [0.1, 0.15) is 28.9 Å². The predicted molar refractivity (Wildman–Crippen MR) is 117 cm³/mol. The number of hydrogen-bond acceptors (Lipinski definition) is 7. The van der Waals surface area contributed by atoms with Crippen LogP contribution in [-0.2, 0) is 11.2 Å². The van der Waals surface area contributed by atoms with E-state index >= 15 is 0 Å². The molecule has 2 atom stereocenters. The smallest absolute Gasteiger partial charge is 0.245 e. The molecule has 2 unspecified atom stereocenters. The number of amidine groups is 1. The molecule has 0 saturated carbocycles. The Morgan fingerprint density at radius 1 is 1.33 bits per heavy atom. The number of aliphatic hydroxyl groups excluding tert-OH is 1. The van der Waals surface area contributed by atoms with E-state index in [1.807, 2.05) is 24.3 Å². The van der Waals surface area contributed by atoms with Gasteiger partial charge in [0.2, 0.25) is 11.2 Å². The largest absolute Gasteiger partial charge is 0.492 e. The van der Waals surface area contributed by atoms with Crippen LogP contribution in [-0.4, -0.2) is 53.2 Å². The molecular formula is C20H25N5O4S. The molecular weight excluding hydrogens is 406 g/mol. The maximum absolute atomic E-state index is 11.6. The van der Waals surface area contributed by atoms with Crippen LogP contribution in [0.25, 0.3) is 0 Å². The number of anilines is 2. The van der Waals surface area contributed by atoms with E-state index in [0.29, 0.717) is 35.2 Å². The van der Waals surface area contributed by atoms with Gasteiger partial charge in [0.1, 0.15) is 23.1 Å². The lowest BCUT2D eigenvalue weighted by atomic mass is 9.99. The van der Waals surface area contributed by atoms with Crippen LogP contribution in [0.5, 0.6) is 5.75 Å². The van der Waals surface area contributed by atoms with Crippen LogP contribution in [0.15, 0.2) is 40.8 Å². The van der Waals surface area contributed by atoms with Crippen LogP contribution in [0.2, 0.25) is 0 Å². The summed E-state index contributed by atoms with van der Waals surface area (Å²) in [7, 11) is 1.00. The topological polar surface area (TPSA) is 130 Å². The van der Waals surface area contributed by atoms with Crippen molar-refractivity contribution >= 4 is 34.8 Å². The molecule has 9 nitrogen and oxygen atoms in total. The highest BCUT2D eigenvalue weighted by molar-refractivity contribution is 7.85. The molecule has 1 fully saturated rings. The molecule has 1 aromatic carbocycles. The minimum atomic E-state index is -1.56. The summed E-state index contributed by atoms with van der Waals surface area (Å²) in [5.74, 6) is 1.97. The zero-order valence-corrected chi connectivity index (χ0v) is 17.5. The number of nitrogens with zero attached hydrogens (tertiary/aromatic N) is 3. The van der Waals surface area contributed by atoms with Gasteiger partial charge in [-0.3, -0.25) is 9.52 Å². The maximum Gasteiger partial charge on any atom is 0.245 e. The van der Waals surface area contributed by atoms with Gasteiger partial charge in [-0.05, 0) is 37.1 Å². The number of piperidine rings is 1. The van der Waals surface area contributed by atoms with Crippen molar-refractivity contribution in [3.05, 3.63) is 47.7 Å². The minimum Gasteiger partial charge on any atom is -0.492 e. The lowest BCUT2D eigenvalue weighted by Crippen LogP contribution is -2.38. The summed E-state index contributed by atoms with van der Waals surface area (Å²) in [4.78, 5) is 17.6. The molecule has 1 saturated heterocycles. The number of ether oxygens (including phenoxy) is 1. The van der Waals surface area contributed by atoms with Crippen molar-refractivity contribution in [3.8, 4) is 5.75 Å². The van der Waals surface area contributed by atoms with Crippen LogP contribution in [0.3, 0.4) is 0 Å². The van der Waals surface area contributed by atoms with Crippen LogP contribution in [0, 0.1) is 5.92 Å². The van der Waals surface area contributed by atoms with Gasteiger partial charge in [0.25, 0.3) is 0 Å². The number of hydrogen-bond donors (Lipinski definition) is 3. The Morgan fingerprint density at radius 3 is 2.93 bits per heavy atom. The van der Waals surface area contributed by atoms with Crippen molar-refractivity contribution in [3.63, 3.8) is 0 Å². The fourth-order valence-corrected chi connectivity index (χ4v) is 4.22. The van der Waals surface area contributed by atoms with Crippen molar-refractivity contribution in [1.29, 1.82) is 0 Å². The number of rotatable bonds is 5. The first-order valence-electron chi connectivity index (χ1n) is 9.55. The fraction of sp³-hybridized carbons (Fsp3) is 0.350. The monoisotopic (exact) mass is 431 g/mol. The lowest BCUT2D eigenvalue weighted by molar-refractivity contribution is 0.111. The number of carbonyl (C=O) groups excluding carboxylic acids is 1. The third kappa shape index (κ3) is 4.95. The van der Waals surface area contributed by atoms with Gasteiger partial charge in [0, 0.05) is 26.1 Å². The number of nitrogens with one attached hydrogen (secondary N) is 1. The Bertz CT molecular complexity index is 953. The second-order valence-electron chi connectivity index (χ2n) is 6.81. The molecule has 160 valence electrons. The van der Waals surface area contributed by atoms with Gasteiger partial charge in [-0.25, -0.2) is 9.19 Å². The third-order valence-electron chi connectivity index (χ3n) is 4.86. The predicted octanol–water partition coefficient (Wildman–Crippen LogP) is 1.51. The first-order chi connectivity index (χ1) is 14.6. The highest BCUT2D eigenvalue weighted by Gasteiger charge is 2.24. The third-order valence-corrected chi connectivity index (χ3v) is 5.61. The molecule has 30 heavy (non-hydrogen) atoms. The van der Waals surface area contributed by atoms with Gasteiger partial charge in [-0.2, -0.15) is 4.40 Å². The van der Waals surface area contributed by atoms with E-state index in [4.69, 9.17) is 15.6 Å². The first kappa shape index (κ1) is 21.7. The van der Waals surface area contributed by atoms with Crippen LogP contribution >= 0.6 is 0 Å². The Balaban J connectivity index is 0.00000124. The molecule has 0 spiro atoms. The van der Waals surface area contributed by atoms with Crippen molar-refractivity contribution < 1.29 is 18.8 Å². The van der Waals surface area contributed by atoms with Crippen molar-refractivity contribution in [2.45, 2.75) is 12.8 Å². The second kappa shape index (κ2) is 10.2. The van der Waals surface area contributed by atoms with E-state index in [9.17, 15) is 9.00 Å². The number of nitrogens with two attached hydrogens (primary N) is 1. The molecule has 0 aliphatic carbocycles. The lowest BCUT2D eigenvalue weighted by Gasteiger charge is -2.33. The summed E-state index contributed by atoms with van der Waals surface area (Å²) >= 11 is -1.56. The summed E-state index contributed by atoms with van der Waals surface area (Å²) < 4.78 is 24.4. The summed E-state index contributed by atoms with van der Waals surface area (Å²) in [6, 6.07) is 10.9. The molecule has 2 aromatic rings. The number of carbonyl (C=O) groups is 1. The normalized spacial score (nSPS) is 20.1. The zero-order chi connectivity index (χ0) is 21.5. The Morgan fingerprint density at radius 2 is 2.13 bits per heavy atom. The van der Waals surface area contributed by atoms with Gasteiger partial charge in [0.05, 0.1) is 17.9 Å². The molecule has 0 radical (unpaired) electrons. The summed E-state index contributed by atoms with van der Waals surface area (Å²) in [5, 5.41) is 7.00. The van der Waals surface area contributed by atoms with E-state index in [1.54, 1.807) is 12.1 Å². The average Bonchev–Trinajstić information content (AvgIpc) is 2.79. The second-order valence-corrected chi connectivity index (χ2v) is 7.70. The number of benzene rings is 1. The van der Waals surface area contributed by atoms with Crippen molar-refractivity contribution in [2.24, 2.45) is 16.0 Å². The Hall–Kier alpha value is -2.98. The molecule has 3 heterocycles. The van der Waals surface area contributed by atoms with Gasteiger partial charge >= 0.3 is 0 Å².